The first-order valence-electron chi connectivity index (χ1n) is 9.23. The predicted octanol–water partition coefficient (Wildman–Crippen LogP) is 4.77. The van der Waals surface area contributed by atoms with Gasteiger partial charge in [-0.2, -0.15) is 11.3 Å². The molecule has 0 radical (unpaired) electrons. The third-order valence-electron chi connectivity index (χ3n) is 5.72. The maximum atomic E-state index is 3.93. The number of rotatable bonds is 5. The SMILES string of the molecule is CC(C)C1CC(NCC2CCCCC2)CN(c2ccsc2)C1. The Balaban J connectivity index is 1.57. The maximum absolute atomic E-state index is 3.93. The lowest BCUT2D eigenvalue weighted by atomic mass is 9.84. The van der Waals surface area contributed by atoms with Crippen molar-refractivity contribution in [2.24, 2.45) is 17.8 Å². The molecule has 22 heavy (non-hydrogen) atoms. The molecule has 124 valence electrons. The number of hydrogen-bond donors (Lipinski definition) is 1. The minimum absolute atomic E-state index is 0.669. The number of thiophene rings is 1. The second-order valence-electron chi connectivity index (χ2n) is 7.74. The Bertz CT molecular complexity index is 423. The molecule has 1 aliphatic carbocycles. The molecule has 1 aromatic rings. The molecule has 0 aromatic carbocycles. The molecule has 3 rings (SSSR count). The van der Waals surface area contributed by atoms with E-state index in [9.17, 15) is 0 Å². The van der Waals surface area contributed by atoms with Crippen LogP contribution in [0.2, 0.25) is 0 Å². The van der Waals surface area contributed by atoms with Crippen LogP contribution in [0.5, 0.6) is 0 Å². The van der Waals surface area contributed by atoms with Crippen molar-refractivity contribution in [3.63, 3.8) is 0 Å². The number of hydrogen-bond acceptors (Lipinski definition) is 3. The van der Waals surface area contributed by atoms with Gasteiger partial charge in [0.05, 0.1) is 0 Å². The van der Waals surface area contributed by atoms with Gasteiger partial charge >= 0.3 is 0 Å². The van der Waals surface area contributed by atoms with E-state index >= 15 is 0 Å². The Labute approximate surface area is 140 Å². The zero-order valence-corrected chi connectivity index (χ0v) is 15.1. The lowest BCUT2D eigenvalue weighted by Crippen LogP contribution is -2.51. The fourth-order valence-electron chi connectivity index (χ4n) is 4.14. The van der Waals surface area contributed by atoms with Crippen LogP contribution in [0.4, 0.5) is 5.69 Å². The quantitative estimate of drug-likeness (QED) is 0.841. The van der Waals surface area contributed by atoms with Crippen LogP contribution in [-0.4, -0.2) is 25.7 Å². The van der Waals surface area contributed by atoms with Gasteiger partial charge in [0.25, 0.3) is 0 Å². The van der Waals surface area contributed by atoms with Crippen molar-refractivity contribution >= 4 is 17.0 Å². The summed E-state index contributed by atoms with van der Waals surface area (Å²) < 4.78 is 0. The highest BCUT2D eigenvalue weighted by atomic mass is 32.1. The predicted molar refractivity (Wildman–Crippen MR) is 97.8 cm³/mol. The third kappa shape index (κ3) is 4.26. The van der Waals surface area contributed by atoms with E-state index in [1.54, 1.807) is 0 Å². The van der Waals surface area contributed by atoms with Crippen molar-refractivity contribution in [2.45, 2.75) is 58.4 Å². The van der Waals surface area contributed by atoms with Crippen molar-refractivity contribution in [3.05, 3.63) is 16.8 Å². The van der Waals surface area contributed by atoms with Crippen LogP contribution in [0.15, 0.2) is 16.8 Å². The minimum Gasteiger partial charge on any atom is -0.369 e. The van der Waals surface area contributed by atoms with Gasteiger partial charge in [0, 0.05) is 30.2 Å². The van der Waals surface area contributed by atoms with Gasteiger partial charge in [-0.25, -0.2) is 0 Å². The first-order chi connectivity index (χ1) is 10.7. The summed E-state index contributed by atoms with van der Waals surface area (Å²) in [5.41, 5.74) is 1.43. The van der Waals surface area contributed by atoms with Crippen LogP contribution in [0, 0.1) is 17.8 Å². The van der Waals surface area contributed by atoms with Gasteiger partial charge in [-0.15, -0.1) is 0 Å². The molecule has 1 saturated heterocycles. The fourth-order valence-corrected chi connectivity index (χ4v) is 4.81. The van der Waals surface area contributed by atoms with Gasteiger partial charge in [0.2, 0.25) is 0 Å². The van der Waals surface area contributed by atoms with Crippen LogP contribution in [0.1, 0.15) is 52.4 Å². The van der Waals surface area contributed by atoms with E-state index in [4.69, 9.17) is 0 Å². The summed E-state index contributed by atoms with van der Waals surface area (Å²) in [6, 6.07) is 2.95. The van der Waals surface area contributed by atoms with Gasteiger partial charge in [-0.1, -0.05) is 33.1 Å². The highest BCUT2D eigenvalue weighted by molar-refractivity contribution is 7.08. The van der Waals surface area contributed by atoms with Crippen molar-refractivity contribution in [1.82, 2.24) is 5.32 Å². The van der Waals surface area contributed by atoms with Gasteiger partial charge in [-0.3, -0.25) is 0 Å². The zero-order chi connectivity index (χ0) is 15.4. The third-order valence-corrected chi connectivity index (χ3v) is 6.39. The van der Waals surface area contributed by atoms with Crippen molar-refractivity contribution in [3.8, 4) is 0 Å². The molecular weight excluding hydrogens is 288 g/mol. The molecule has 3 heteroatoms. The lowest BCUT2D eigenvalue weighted by molar-refractivity contribution is 0.254. The lowest BCUT2D eigenvalue weighted by Gasteiger charge is -2.41. The van der Waals surface area contributed by atoms with Crippen molar-refractivity contribution in [2.75, 3.05) is 24.5 Å². The normalized spacial score (nSPS) is 27.5. The first kappa shape index (κ1) is 16.3. The molecule has 2 aliphatic rings. The highest BCUT2D eigenvalue weighted by Gasteiger charge is 2.29. The van der Waals surface area contributed by atoms with Crippen molar-refractivity contribution < 1.29 is 0 Å². The van der Waals surface area contributed by atoms with Crippen LogP contribution >= 0.6 is 11.3 Å². The van der Waals surface area contributed by atoms with E-state index in [0.717, 1.165) is 17.8 Å². The summed E-state index contributed by atoms with van der Waals surface area (Å²) in [6.07, 6.45) is 8.61. The van der Waals surface area contributed by atoms with Crippen LogP contribution < -0.4 is 10.2 Å². The van der Waals surface area contributed by atoms with Crippen molar-refractivity contribution in [1.29, 1.82) is 0 Å². The van der Waals surface area contributed by atoms with E-state index in [-0.39, 0.29) is 0 Å². The van der Waals surface area contributed by atoms with Gasteiger partial charge in [0.1, 0.15) is 0 Å². The van der Waals surface area contributed by atoms with Gasteiger partial charge < -0.3 is 10.2 Å². The molecule has 1 aromatic heterocycles. The molecular formula is C19H32N2S. The summed E-state index contributed by atoms with van der Waals surface area (Å²) in [5.74, 6) is 2.53. The summed E-state index contributed by atoms with van der Waals surface area (Å²) in [4.78, 5) is 2.61. The number of piperidine rings is 1. The Kier molecular flexibility index (Phi) is 5.81. The second kappa shape index (κ2) is 7.83. The molecule has 2 heterocycles. The Morgan fingerprint density at radius 3 is 2.73 bits per heavy atom. The molecule has 0 amide bonds. The molecule has 2 nitrogen and oxygen atoms in total. The average Bonchev–Trinajstić information content (AvgIpc) is 3.08. The summed E-state index contributed by atoms with van der Waals surface area (Å²) in [7, 11) is 0. The highest BCUT2D eigenvalue weighted by Crippen LogP contribution is 2.29. The standard InChI is InChI=1S/C19H32N2S/c1-15(2)17-10-18(20-11-16-6-4-3-5-7-16)13-21(12-17)19-8-9-22-14-19/h8-9,14-18,20H,3-7,10-13H2,1-2H3. The molecule has 2 unspecified atom stereocenters. The Hall–Kier alpha value is -0.540. The largest absolute Gasteiger partial charge is 0.369 e. The maximum Gasteiger partial charge on any atom is 0.0475 e. The minimum atomic E-state index is 0.669. The van der Waals surface area contributed by atoms with E-state index < -0.39 is 0 Å². The van der Waals surface area contributed by atoms with Gasteiger partial charge in [-0.05, 0) is 55.0 Å². The molecule has 1 N–H and O–H groups in total. The molecule has 2 atom stereocenters. The summed E-state index contributed by atoms with van der Waals surface area (Å²) in [6.45, 7) is 8.44. The number of nitrogens with one attached hydrogen (secondary N) is 1. The summed E-state index contributed by atoms with van der Waals surface area (Å²) in [5, 5.41) is 8.44. The van der Waals surface area contributed by atoms with Crippen LogP contribution in [0.25, 0.3) is 0 Å². The summed E-state index contributed by atoms with van der Waals surface area (Å²) >= 11 is 1.82. The molecule has 1 saturated carbocycles. The van der Waals surface area contributed by atoms with E-state index in [1.165, 1.54) is 63.8 Å². The van der Waals surface area contributed by atoms with Crippen LogP contribution in [-0.2, 0) is 0 Å². The van der Waals surface area contributed by atoms with Gasteiger partial charge in [0.15, 0.2) is 0 Å². The average molecular weight is 321 g/mol. The van der Waals surface area contributed by atoms with E-state index in [1.807, 2.05) is 11.3 Å². The Morgan fingerprint density at radius 2 is 2.05 bits per heavy atom. The topological polar surface area (TPSA) is 15.3 Å². The second-order valence-corrected chi connectivity index (χ2v) is 8.52. The zero-order valence-electron chi connectivity index (χ0n) is 14.3. The monoisotopic (exact) mass is 320 g/mol. The Morgan fingerprint density at radius 1 is 1.23 bits per heavy atom. The smallest absolute Gasteiger partial charge is 0.0475 e. The van der Waals surface area contributed by atoms with E-state index in [0.29, 0.717) is 6.04 Å². The molecule has 1 aliphatic heterocycles. The first-order valence-corrected chi connectivity index (χ1v) is 10.2. The molecule has 2 fully saturated rings. The number of nitrogens with zero attached hydrogens (tertiary/aromatic N) is 1. The fraction of sp³-hybridized carbons (Fsp3) is 0.789. The van der Waals surface area contributed by atoms with E-state index in [2.05, 4.69) is 40.9 Å². The van der Waals surface area contributed by atoms with Crippen LogP contribution in [0.3, 0.4) is 0 Å². The molecule has 0 bridgehead atoms. The molecule has 0 spiro atoms. The number of anilines is 1.